The van der Waals surface area contributed by atoms with Crippen LogP contribution in [0, 0.1) is 0 Å². The van der Waals surface area contributed by atoms with Gasteiger partial charge in [0.05, 0.1) is 11.4 Å². The lowest BCUT2D eigenvalue weighted by Gasteiger charge is -2.34. The van der Waals surface area contributed by atoms with E-state index >= 15 is 0 Å². The lowest BCUT2D eigenvalue weighted by Crippen LogP contribution is -2.43. The molecule has 0 spiro atoms. The molecule has 6 rings (SSSR count). The summed E-state index contributed by atoms with van der Waals surface area (Å²) in [6, 6.07) is 33.2. The summed E-state index contributed by atoms with van der Waals surface area (Å²) in [6.07, 6.45) is 14.5. The molecule has 0 aliphatic heterocycles. The van der Waals surface area contributed by atoms with Crippen LogP contribution < -0.4 is 0 Å². The first-order valence-electron chi connectivity index (χ1n) is 18.9. The number of hydrogen-bond donors (Lipinski definition) is 0. The summed E-state index contributed by atoms with van der Waals surface area (Å²) in [4.78, 5) is 39.4. The molecular weight excluding hydrogens is 625 g/mol. The summed E-state index contributed by atoms with van der Waals surface area (Å²) in [5.41, 5.74) is 5.20. The van der Waals surface area contributed by atoms with Gasteiger partial charge in [-0.05, 0) is 84.7 Å². The summed E-state index contributed by atoms with van der Waals surface area (Å²) >= 11 is 0. The second-order valence-electron chi connectivity index (χ2n) is 14.0. The second-order valence-corrected chi connectivity index (χ2v) is 14.0. The van der Waals surface area contributed by atoms with Crippen molar-refractivity contribution in [2.45, 2.75) is 97.3 Å². The number of carbonyl (C=O) groups excluding carboxylic acids is 2. The van der Waals surface area contributed by atoms with Crippen molar-refractivity contribution < 1.29 is 9.59 Å². The molecule has 0 atom stereocenters. The van der Waals surface area contributed by atoms with Crippen LogP contribution in [0.2, 0.25) is 0 Å². The number of rotatable bonds is 16. The van der Waals surface area contributed by atoms with Crippen molar-refractivity contribution in [1.82, 2.24) is 9.97 Å². The Bertz CT molecular complexity index is 2000. The molecule has 4 nitrogen and oxygen atoms in total. The fourth-order valence-corrected chi connectivity index (χ4v) is 7.86. The first-order valence-corrected chi connectivity index (χ1v) is 18.9. The zero-order valence-electron chi connectivity index (χ0n) is 30.7. The fraction of sp³-hybridized carbons (Fsp3) is 0.319. The van der Waals surface area contributed by atoms with Crippen LogP contribution in [0.3, 0.4) is 0 Å². The van der Waals surface area contributed by atoms with Crippen molar-refractivity contribution >= 4 is 33.1 Å². The molecule has 4 heteroatoms. The molecule has 0 saturated heterocycles. The monoisotopic (exact) mass is 674 g/mol. The van der Waals surface area contributed by atoms with Gasteiger partial charge in [-0.1, -0.05) is 137 Å². The molecule has 0 aliphatic rings. The largest absolute Gasteiger partial charge is 0.298 e. The highest BCUT2D eigenvalue weighted by atomic mass is 16.2. The van der Waals surface area contributed by atoms with Gasteiger partial charge in [0.1, 0.15) is 5.41 Å². The third-order valence-electron chi connectivity index (χ3n) is 10.5. The average Bonchev–Trinajstić information content (AvgIpc) is 3.15. The number of aryl methyl sites for hydroxylation is 2. The highest BCUT2D eigenvalue weighted by molar-refractivity contribution is 6.17. The molecular formula is C47H50N2O2. The van der Waals surface area contributed by atoms with Crippen LogP contribution in [0.4, 0.5) is 0 Å². The summed E-state index contributed by atoms with van der Waals surface area (Å²) in [5.74, 6) is -0.409. The Morgan fingerprint density at radius 3 is 1.37 bits per heavy atom. The summed E-state index contributed by atoms with van der Waals surface area (Å²) < 4.78 is 0. The fourth-order valence-electron chi connectivity index (χ4n) is 7.86. The molecule has 2 aromatic heterocycles. The van der Waals surface area contributed by atoms with E-state index in [1.807, 2.05) is 48.8 Å². The Labute approximate surface area is 303 Å². The topological polar surface area (TPSA) is 59.9 Å². The molecule has 0 fully saturated rings. The maximum absolute atomic E-state index is 14.8. The normalized spacial score (nSPS) is 11.7. The Morgan fingerprint density at radius 1 is 0.529 bits per heavy atom. The predicted molar refractivity (Wildman–Crippen MR) is 212 cm³/mol. The lowest BCUT2D eigenvalue weighted by molar-refractivity contribution is -0.130. The van der Waals surface area contributed by atoms with E-state index < -0.39 is 5.41 Å². The maximum atomic E-state index is 14.8. The smallest absolute Gasteiger partial charge is 0.152 e. The van der Waals surface area contributed by atoms with Crippen LogP contribution in [0.1, 0.15) is 101 Å². The van der Waals surface area contributed by atoms with Crippen molar-refractivity contribution in [2.24, 2.45) is 0 Å². The SMILES string of the molecule is CCCCCCc1ccc(-c2nccc3ccccc23)c(C(C(C)=O)(C(C)=O)c2cc(CCCCCC)ccc2-c2nccc3ccccc23)c1. The zero-order chi connectivity index (χ0) is 35.8. The highest BCUT2D eigenvalue weighted by Gasteiger charge is 2.48. The van der Waals surface area contributed by atoms with Gasteiger partial charge in [0, 0.05) is 34.3 Å². The quantitative estimate of drug-likeness (QED) is 0.0757. The van der Waals surface area contributed by atoms with E-state index in [0.717, 1.165) is 107 Å². The van der Waals surface area contributed by atoms with E-state index in [1.54, 1.807) is 13.8 Å². The van der Waals surface area contributed by atoms with Gasteiger partial charge in [-0.3, -0.25) is 19.6 Å². The van der Waals surface area contributed by atoms with Crippen molar-refractivity contribution in [2.75, 3.05) is 0 Å². The molecule has 0 bridgehead atoms. The van der Waals surface area contributed by atoms with Gasteiger partial charge in [-0.15, -0.1) is 0 Å². The van der Waals surface area contributed by atoms with Crippen molar-refractivity contribution in [1.29, 1.82) is 0 Å². The Balaban J connectivity index is 1.68. The average molecular weight is 675 g/mol. The van der Waals surface area contributed by atoms with Crippen molar-refractivity contribution in [3.63, 3.8) is 0 Å². The standard InChI is InChI=1S/C47H50N2O2/c1-5-7-9-11-17-35-23-25-41(45-39-21-15-13-19-37(39)27-29-48-45)43(31-35)47(33(3)50,34(4)51)44-32-36(18-12-10-8-6-2)24-26-42(44)46-40-22-16-14-20-38(40)28-30-49-46/h13-16,19-32H,5-12,17-18H2,1-4H3. The molecule has 0 N–H and O–H groups in total. The third-order valence-corrected chi connectivity index (χ3v) is 10.5. The van der Waals surface area contributed by atoms with E-state index in [-0.39, 0.29) is 11.6 Å². The number of aromatic nitrogens is 2. The van der Waals surface area contributed by atoms with Crippen LogP contribution in [0.25, 0.3) is 44.1 Å². The van der Waals surface area contributed by atoms with E-state index in [1.165, 1.54) is 12.8 Å². The van der Waals surface area contributed by atoms with Crippen LogP contribution in [-0.4, -0.2) is 21.5 Å². The third kappa shape index (κ3) is 7.28. The molecule has 260 valence electrons. The Hall–Kier alpha value is -4.96. The molecule has 6 aromatic rings. The van der Waals surface area contributed by atoms with Crippen LogP contribution in [-0.2, 0) is 27.8 Å². The van der Waals surface area contributed by atoms with Gasteiger partial charge < -0.3 is 0 Å². The summed E-state index contributed by atoms with van der Waals surface area (Å²) in [7, 11) is 0. The van der Waals surface area contributed by atoms with Gasteiger partial charge >= 0.3 is 0 Å². The van der Waals surface area contributed by atoms with Gasteiger partial charge in [-0.2, -0.15) is 0 Å². The number of unbranched alkanes of at least 4 members (excludes halogenated alkanes) is 6. The Morgan fingerprint density at radius 2 is 0.961 bits per heavy atom. The number of hydrogen-bond acceptors (Lipinski definition) is 4. The van der Waals surface area contributed by atoms with E-state index in [2.05, 4.69) is 74.5 Å². The van der Waals surface area contributed by atoms with Crippen LogP contribution >= 0.6 is 0 Å². The van der Waals surface area contributed by atoms with Crippen molar-refractivity contribution in [3.05, 3.63) is 132 Å². The molecule has 0 saturated carbocycles. The summed E-state index contributed by atoms with van der Waals surface area (Å²) in [5, 5.41) is 4.09. The number of pyridine rings is 2. The van der Waals surface area contributed by atoms with Gasteiger partial charge in [0.25, 0.3) is 0 Å². The minimum atomic E-state index is -1.60. The molecule has 0 amide bonds. The molecule has 0 aliphatic carbocycles. The zero-order valence-corrected chi connectivity index (χ0v) is 30.7. The van der Waals surface area contributed by atoms with E-state index in [0.29, 0.717) is 11.1 Å². The molecule has 0 radical (unpaired) electrons. The van der Waals surface area contributed by atoms with Gasteiger partial charge in [-0.25, -0.2) is 0 Å². The first kappa shape index (κ1) is 35.9. The van der Waals surface area contributed by atoms with E-state index in [4.69, 9.17) is 9.97 Å². The van der Waals surface area contributed by atoms with E-state index in [9.17, 15) is 9.59 Å². The molecule has 4 aromatic carbocycles. The first-order chi connectivity index (χ1) is 24.9. The number of fused-ring (bicyclic) bond motifs is 2. The van der Waals surface area contributed by atoms with Crippen LogP contribution in [0.15, 0.2) is 109 Å². The van der Waals surface area contributed by atoms with Crippen LogP contribution in [0.5, 0.6) is 0 Å². The molecule has 51 heavy (non-hydrogen) atoms. The second kappa shape index (κ2) is 16.4. The number of ketones is 2. The summed E-state index contributed by atoms with van der Waals surface area (Å²) in [6.45, 7) is 7.62. The predicted octanol–water partition coefficient (Wildman–Crippen LogP) is 11.8. The Kier molecular flexibility index (Phi) is 11.5. The number of nitrogens with zero attached hydrogens (tertiary/aromatic N) is 2. The van der Waals surface area contributed by atoms with Crippen molar-refractivity contribution in [3.8, 4) is 22.5 Å². The van der Waals surface area contributed by atoms with Gasteiger partial charge in [0.2, 0.25) is 0 Å². The number of carbonyl (C=O) groups is 2. The highest BCUT2D eigenvalue weighted by Crippen LogP contribution is 2.46. The van der Waals surface area contributed by atoms with Gasteiger partial charge in [0.15, 0.2) is 11.6 Å². The number of Topliss-reactive ketones (excluding diaryl/α,β-unsaturated/α-hetero) is 2. The maximum Gasteiger partial charge on any atom is 0.152 e. The minimum Gasteiger partial charge on any atom is -0.298 e. The minimum absolute atomic E-state index is 0.204. The molecule has 0 unspecified atom stereocenters. The molecule has 2 heterocycles. The lowest BCUT2D eigenvalue weighted by atomic mass is 9.64. The number of benzene rings is 4.